The summed E-state index contributed by atoms with van der Waals surface area (Å²) in [5, 5.41) is 5.38. The van der Waals surface area contributed by atoms with Gasteiger partial charge in [0, 0.05) is 27.7 Å². The van der Waals surface area contributed by atoms with E-state index in [1.165, 1.54) is 29.2 Å². The molecule has 0 radical (unpaired) electrons. The summed E-state index contributed by atoms with van der Waals surface area (Å²) in [6.07, 6.45) is 0. The molecule has 0 aliphatic heterocycles. The highest BCUT2D eigenvalue weighted by molar-refractivity contribution is 7.86. The molecule has 0 aliphatic rings. The van der Waals surface area contributed by atoms with E-state index in [1.54, 1.807) is 19.1 Å². The highest BCUT2D eigenvalue weighted by Gasteiger charge is 2.31. The lowest BCUT2D eigenvalue weighted by molar-refractivity contribution is -0.126. The first-order valence-electron chi connectivity index (χ1n) is 10.5. The molecule has 7 nitrogen and oxygen atoms in total. The molecule has 0 spiro atoms. The van der Waals surface area contributed by atoms with E-state index in [0.717, 1.165) is 5.56 Å². The number of hydrogen-bond donors (Lipinski definition) is 2. The van der Waals surface area contributed by atoms with E-state index < -0.39 is 51.5 Å². The van der Waals surface area contributed by atoms with E-state index in [9.17, 15) is 23.0 Å². The number of rotatable bonds is 8. The summed E-state index contributed by atoms with van der Waals surface area (Å²) >= 11 is 0. The van der Waals surface area contributed by atoms with Crippen LogP contribution in [0.25, 0.3) is 0 Å². The molecule has 0 aliphatic carbocycles. The van der Waals surface area contributed by atoms with Crippen molar-refractivity contribution in [3.8, 4) is 0 Å². The van der Waals surface area contributed by atoms with Gasteiger partial charge in [0.1, 0.15) is 23.4 Å². The molecular weight excluding hydrogens is 445 g/mol. The first-order chi connectivity index (χ1) is 15.4. The quantitative estimate of drug-likeness (QED) is 0.613. The summed E-state index contributed by atoms with van der Waals surface area (Å²) < 4.78 is 25.6. The molecule has 2 aromatic rings. The number of carbonyl (C=O) groups excluding carboxylic acids is 3. The van der Waals surface area contributed by atoms with Crippen LogP contribution < -0.4 is 15.5 Å². The van der Waals surface area contributed by atoms with E-state index in [1.807, 2.05) is 39.8 Å². The van der Waals surface area contributed by atoms with Gasteiger partial charge in [-0.15, -0.1) is 0 Å². The van der Waals surface area contributed by atoms with Crippen molar-refractivity contribution in [3.63, 3.8) is 0 Å². The van der Waals surface area contributed by atoms with Crippen molar-refractivity contribution >= 4 is 39.9 Å². The number of aryl methyl sites for hydroxylation is 1. The van der Waals surface area contributed by atoms with E-state index in [0.29, 0.717) is 11.4 Å². The van der Waals surface area contributed by atoms with Crippen LogP contribution in [0.1, 0.15) is 33.3 Å². The third kappa shape index (κ3) is 8.09. The molecule has 2 aromatic carbocycles. The topological polar surface area (TPSA) is 95.6 Å². The fourth-order valence-corrected chi connectivity index (χ4v) is 4.00. The van der Waals surface area contributed by atoms with Gasteiger partial charge in [-0.25, -0.2) is 4.39 Å². The Labute approximate surface area is 196 Å². The van der Waals surface area contributed by atoms with E-state index in [2.05, 4.69) is 10.6 Å². The predicted molar refractivity (Wildman–Crippen MR) is 129 cm³/mol. The fraction of sp³-hybridized carbons (Fsp3) is 0.375. The Morgan fingerprint density at radius 3 is 2.21 bits per heavy atom. The number of nitrogens with zero attached hydrogens (tertiary/aromatic N) is 1. The van der Waals surface area contributed by atoms with Gasteiger partial charge in [-0.05, 0) is 70.5 Å². The molecule has 2 N–H and O–H groups in total. The molecule has 3 amide bonds. The average Bonchev–Trinajstić information content (AvgIpc) is 2.69. The van der Waals surface area contributed by atoms with Crippen LogP contribution in [0.5, 0.6) is 0 Å². The predicted octanol–water partition coefficient (Wildman–Crippen LogP) is 3.16. The molecule has 0 heterocycles. The number of benzene rings is 2. The summed E-state index contributed by atoms with van der Waals surface area (Å²) in [7, 11) is -1.82. The summed E-state index contributed by atoms with van der Waals surface area (Å²) in [5.41, 5.74) is 1.18. The minimum atomic E-state index is -1.82. The molecule has 0 saturated carbocycles. The summed E-state index contributed by atoms with van der Waals surface area (Å²) in [6.45, 7) is 8.94. The van der Waals surface area contributed by atoms with Gasteiger partial charge in [-0.2, -0.15) is 0 Å². The average molecular weight is 476 g/mol. The maximum atomic E-state index is 13.2. The molecule has 2 atom stereocenters. The van der Waals surface area contributed by atoms with Gasteiger partial charge in [0.05, 0.1) is 0 Å². The minimum absolute atomic E-state index is 0.348. The standard InChI is InChI=1S/C24H30FN3O4S/c1-16-8-6-7-9-20(16)28(17(2)23(31)27-24(3,4)5)22(30)15-33(32)14-21(29)26-19-12-10-18(25)11-13-19/h6-13,17H,14-15H2,1-5H3,(H,26,29)(H,27,31)/t17-,33-/m0/s1. The zero-order valence-electron chi connectivity index (χ0n) is 19.5. The van der Waals surface area contributed by atoms with Crippen molar-refractivity contribution in [1.82, 2.24) is 5.32 Å². The molecule has 0 bridgehead atoms. The van der Waals surface area contributed by atoms with Gasteiger partial charge < -0.3 is 10.6 Å². The SMILES string of the molecule is Cc1ccccc1N(C(=O)C[S@@](=O)CC(=O)Nc1ccc(F)cc1)[C@@H](C)C(=O)NC(C)(C)C. The highest BCUT2D eigenvalue weighted by Crippen LogP contribution is 2.23. The van der Waals surface area contributed by atoms with Gasteiger partial charge in [-0.1, -0.05) is 18.2 Å². The largest absolute Gasteiger partial charge is 0.350 e. The van der Waals surface area contributed by atoms with Crippen LogP contribution in [0.15, 0.2) is 48.5 Å². The lowest BCUT2D eigenvalue weighted by Crippen LogP contribution is -2.54. The second kappa shape index (κ2) is 11.2. The molecule has 33 heavy (non-hydrogen) atoms. The van der Waals surface area contributed by atoms with E-state index in [4.69, 9.17) is 0 Å². The van der Waals surface area contributed by atoms with Crippen molar-refractivity contribution in [2.24, 2.45) is 0 Å². The van der Waals surface area contributed by atoms with Crippen LogP contribution >= 0.6 is 0 Å². The van der Waals surface area contributed by atoms with Crippen LogP contribution in [-0.4, -0.2) is 45.0 Å². The lowest BCUT2D eigenvalue weighted by Gasteiger charge is -2.32. The molecule has 178 valence electrons. The second-order valence-corrected chi connectivity index (χ2v) is 10.2. The molecule has 9 heteroatoms. The van der Waals surface area contributed by atoms with Gasteiger partial charge in [0.25, 0.3) is 0 Å². The number of hydrogen-bond acceptors (Lipinski definition) is 4. The van der Waals surface area contributed by atoms with Crippen molar-refractivity contribution in [3.05, 3.63) is 59.9 Å². The fourth-order valence-electron chi connectivity index (χ4n) is 3.12. The number of para-hydroxylation sites is 1. The number of amides is 3. The normalized spacial score (nSPS) is 13.0. The van der Waals surface area contributed by atoms with E-state index in [-0.39, 0.29) is 5.91 Å². The van der Waals surface area contributed by atoms with E-state index >= 15 is 0 Å². The number of carbonyl (C=O) groups is 3. The Morgan fingerprint density at radius 1 is 1.03 bits per heavy atom. The Bertz CT molecular complexity index is 1030. The van der Waals surface area contributed by atoms with Crippen LogP contribution in [0.4, 0.5) is 15.8 Å². The van der Waals surface area contributed by atoms with Crippen molar-refractivity contribution in [2.45, 2.75) is 46.2 Å². The summed E-state index contributed by atoms with van der Waals surface area (Å²) in [4.78, 5) is 39.5. The van der Waals surface area contributed by atoms with Gasteiger partial charge in [-0.3, -0.25) is 23.5 Å². The third-order valence-corrected chi connectivity index (χ3v) is 5.77. The van der Waals surface area contributed by atoms with Crippen LogP contribution in [0, 0.1) is 12.7 Å². The van der Waals surface area contributed by atoms with Crippen molar-refractivity contribution < 1.29 is 23.0 Å². The molecule has 2 rings (SSSR count). The molecule has 0 fully saturated rings. The van der Waals surface area contributed by atoms with Gasteiger partial charge >= 0.3 is 0 Å². The Hall–Kier alpha value is -3.07. The molecule has 0 aromatic heterocycles. The van der Waals surface area contributed by atoms with Crippen LogP contribution in [0.3, 0.4) is 0 Å². The van der Waals surface area contributed by atoms with Gasteiger partial charge in [0.15, 0.2) is 0 Å². The molecule has 0 saturated heterocycles. The molecular formula is C24H30FN3O4S. The highest BCUT2D eigenvalue weighted by atomic mass is 32.2. The zero-order valence-corrected chi connectivity index (χ0v) is 20.3. The molecule has 0 unspecified atom stereocenters. The van der Waals surface area contributed by atoms with Crippen LogP contribution in [0.2, 0.25) is 0 Å². The van der Waals surface area contributed by atoms with Gasteiger partial charge in [0.2, 0.25) is 17.7 Å². The maximum absolute atomic E-state index is 13.2. The lowest BCUT2D eigenvalue weighted by atomic mass is 10.1. The Morgan fingerprint density at radius 2 is 1.64 bits per heavy atom. The first-order valence-corrected chi connectivity index (χ1v) is 12.0. The summed E-state index contributed by atoms with van der Waals surface area (Å²) in [6, 6.07) is 11.4. The van der Waals surface area contributed by atoms with Crippen molar-refractivity contribution in [1.29, 1.82) is 0 Å². The number of nitrogens with one attached hydrogen (secondary N) is 2. The van der Waals surface area contributed by atoms with Crippen LogP contribution in [-0.2, 0) is 25.2 Å². The Kier molecular flexibility index (Phi) is 8.87. The third-order valence-electron chi connectivity index (χ3n) is 4.61. The van der Waals surface area contributed by atoms with Crippen molar-refractivity contribution in [2.75, 3.05) is 21.7 Å². The number of halogens is 1. The second-order valence-electron chi connectivity index (χ2n) is 8.75. The Balaban J connectivity index is 2.14. The number of anilines is 2. The monoisotopic (exact) mass is 475 g/mol. The first kappa shape index (κ1) is 26.2. The maximum Gasteiger partial charge on any atom is 0.243 e. The smallest absolute Gasteiger partial charge is 0.243 e. The summed E-state index contributed by atoms with van der Waals surface area (Å²) in [5.74, 6) is -2.73. The minimum Gasteiger partial charge on any atom is -0.350 e. The zero-order chi connectivity index (χ0) is 24.8.